The average Bonchev–Trinajstić information content (AvgIpc) is 3.06. The van der Waals surface area contributed by atoms with Gasteiger partial charge in [-0.3, -0.25) is 10.1 Å². The second kappa shape index (κ2) is 6.16. The molecule has 6 nitrogen and oxygen atoms in total. The monoisotopic (exact) mass is 340 g/mol. The van der Waals surface area contributed by atoms with E-state index >= 15 is 0 Å². The van der Waals surface area contributed by atoms with Crippen molar-refractivity contribution in [2.75, 3.05) is 18.0 Å². The molecule has 1 aliphatic heterocycles. The van der Waals surface area contributed by atoms with Crippen molar-refractivity contribution in [3.63, 3.8) is 0 Å². The Morgan fingerprint density at radius 3 is 2.71 bits per heavy atom. The van der Waals surface area contributed by atoms with Crippen LogP contribution in [0.15, 0.2) is 42.6 Å². The SMILES string of the molecule is O=[N+]([O-])c1cccnc1N1CCC(c2nc3ccccc3s2)CC1. The van der Waals surface area contributed by atoms with Crippen LogP contribution in [0.4, 0.5) is 11.5 Å². The molecule has 3 heterocycles. The molecule has 0 spiro atoms. The zero-order valence-corrected chi connectivity index (χ0v) is 13.8. The van der Waals surface area contributed by atoms with Crippen LogP contribution in [-0.2, 0) is 0 Å². The van der Waals surface area contributed by atoms with Crippen LogP contribution >= 0.6 is 11.3 Å². The number of hydrogen-bond acceptors (Lipinski definition) is 6. The summed E-state index contributed by atoms with van der Waals surface area (Å²) in [6, 6.07) is 11.3. The van der Waals surface area contributed by atoms with E-state index in [2.05, 4.69) is 11.1 Å². The molecule has 2 aromatic heterocycles. The number of aromatic nitrogens is 2. The summed E-state index contributed by atoms with van der Waals surface area (Å²) >= 11 is 1.76. The van der Waals surface area contributed by atoms with Crippen molar-refractivity contribution in [2.24, 2.45) is 0 Å². The summed E-state index contributed by atoms with van der Waals surface area (Å²) in [5.74, 6) is 0.895. The predicted octanol–water partition coefficient (Wildman–Crippen LogP) is 3.98. The molecule has 24 heavy (non-hydrogen) atoms. The van der Waals surface area contributed by atoms with Gasteiger partial charge in [0.15, 0.2) is 0 Å². The van der Waals surface area contributed by atoms with Crippen molar-refractivity contribution in [1.29, 1.82) is 0 Å². The molecule has 7 heteroatoms. The third kappa shape index (κ3) is 2.71. The number of hydrogen-bond donors (Lipinski definition) is 0. The molecule has 0 amide bonds. The maximum Gasteiger partial charge on any atom is 0.311 e. The van der Waals surface area contributed by atoms with Gasteiger partial charge >= 0.3 is 5.69 Å². The number of thiazole rings is 1. The summed E-state index contributed by atoms with van der Waals surface area (Å²) in [4.78, 5) is 21.8. The minimum Gasteiger partial charge on any atom is -0.351 e. The van der Waals surface area contributed by atoms with E-state index in [1.807, 2.05) is 23.1 Å². The molecule has 0 unspecified atom stereocenters. The first-order valence-corrected chi connectivity index (χ1v) is 8.74. The second-order valence-electron chi connectivity index (χ2n) is 5.88. The van der Waals surface area contributed by atoms with E-state index in [1.165, 1.54) is 15.8 Å². The van der Waals surface area contributed by atoms with Crippen molar-refractivity contribution in [3.05, 3.63) is 57.7 Å². The van der Waals surface area contributed by atoms with Crippen LogP contribution in [0.5, 0.6) is 0 Å². The van der Waals surface area contributed by atoms with Crippen LogP contribution in [0, 0.1) is 10.1 Å². The van der Waals surface area contributed by atoms with E-state index in [0.717, 1.165) is 31.4 Å². The lowest BCUT2D eigenvalue weighted by molar-refractivity contribution is -0.384. The summed E-state index contributed by atoms with van der Waals surface area (Å²) in [5, 5.41) is 12.4. The summed E-state index contributed by atoms with van der Waals surface area (Å²) in [5.41, 5.74) is 1.14. The molecule has 4 rings (SSSR count). The maximum atomic E-state index is 11.2. The largest absolute Gasteiger partial charge is 0.351 e. The topological polar surface area (TPSA) is 72.2 Å². The molecule has 1 aromatic carbocycles. The van der Waals surface area contributed by atoms with Crippen molar-refractivity contribution < 1.29 is 4.92 Å². The van der Waals surface area contributed by atoms with Gasteiger partial charge in [0.25, 0.3) is 0 Å². The Morgan fingerprint density at radius 2 is 1.96 bits per heavy atom. The third-order valence-corrected chi connectivity index (χ3v) is 5.62. The normalized spacial score (nSPS) is 15.8. The second-order valence-corrected chi connectivity index (χ2v) is 6.95. The fourth-order valence-corrected chi connectivity index (χ4v) is 4.31. The highest BCUT2D eigenvalue weighted by molar-refractivity contribution is 7.18. The number of piperidine rings is 1. The first-order chi connectivity index (χ1) is 11.7. The molecule has 0 atom stereocenters. The summed E-state index contributed by atoms with van der Waals surface area (Å²) < 4.78 is 1.22. The fraction of sp³-hybridized carbons (Fsp3) is 0.294. The van der Waals surface area contributed by atoms with Crippen molar-refractivity contribution in [3.8, 4) is 0 Å². The zero-order valence-electron chi connectivity index (χ0n) is 13.0. The molecule has 0 bridgehead atoms. The molecular weight excluding hydrogens is 324 g/mol. The smallest absolute Gasteiger partial charge is 0.311 e. The highest BCUT2D eigenvalue weighted by atomic mass is 32.1. The zero-order chi connectivity index (χ0) is 16.5. The summed E-state index contributed by atoms with van der Waals surface area (Å²) in [7, 11) is 0. The van der Waals surface area contributed by atoms with Gasteiger partial charge in [-0.1, -0.05) is 12.1 Å². The van der Waals surface area contributed by atoms with Gasteiger partial charge < -0.3 is 4.90 Å². The molecule has 1 saturated heterocycles. The van der Waals surface area contributed by atoms with Crippen molar-refractivity contribution >= 4 is 33.1 Å². The van der Waals surface area contributed by atoms with E-state index in [1.54, 1.807) is 23.6 Å². The van der Waals surface area contributed by atoms with Crippen molar-refractivity contribution in [2.45, 2.75) is 18.8 Å². The van der Waals surface area contributed by atoms with E-state index in [4.69, 9.17) is 4.98 Å². The van der Waals surface area contributed by atoms with Gasteiger partial charge in [0.2, 0.25) is 5.82 Å². The van der Waals surface area contributed by atoms with Crippen LogP contribution in [0.1, 0.15) is 23.8 Å². The number of pyridine rings is 1. The third-order valence-electron chi connectivity index (χ3n) is 4.42. The van der Waals surface area contributed by atoms with Gasteiger partial charge in [0.05, 0.1) is 20.1 Å². The molecular formula is C17H16N4O2S. The van der Waals surface area contributed by atoms with E-state index in [9.17, 15) is 10.1 Å². The molecule has 0 saturated carbocycles. The minimum atomic E-state index is -0.359. The lowest BCUT2D eigenvalue weighted by Gasteiger charge is -2.31. The average molecular weight is 340 g/mol. The number of fused-ring (bicyclic) bond motifs is 1. The van der Waals surface area contributed by atoms with E-state index in [0.29, 0.717) is 11.7 Å². The Hall–Kier alpha value is -2.54. The molecule has 3 aromatic rings. The van der Waals surface area contributed by atoms with Crippen LogP contribution in [0.2, 0.25) is 0 Å². The summed E-state index contributed by atoms with van der Waals surface area (Å²) in [6.07, 6.45) is 3.49. The van der Waals surface area contributed by atoms with E-state index in [-0.39, 0.29) is 10.6 Å². The Bertz CT molecular complexity index is 854. The maximum absolute atomic E-state index is 11.2. The van der Waals surface area contributed by atoms with Crippen LogP contribution in [-0.4, -0.2) is 28.0 Å². The first kappa shape index (κ1) is 15.0. The van der Waals surface area contributed by atoms with Gasteiger partial charge in [-0.15, -0.1) is 11.3 Å². The quantitative estimate of drug-likeness (QED) is 0.532. The van der Waals surface area contributed by atoms with Crippen LogP contribution < -0.4 is 4.90 Å². The molecule has 1 aliphatic rings. The molecule has 0 radical (unpaired) electrons. The number of benzene rings is 1. The number of para-hydroxylation sites is 1. The predicted molar refractivity (Wildman–Crippen MR) is 94.7 cm³/mol. The molecule has 0 N–H and O–H groups in total. The van der Waals surface area contributed by atoms with Gasteiger partial charge in [-0.25, -0.2) is 9.97 Å². The fourth-order valence-electron chi connectivity index (χ4n) is 3.18. The Labute approximate surface area is 142 Å². The van der Waals surface area contributed by atoms with Crippen LogP contribution in [0.25, 0.3) is 10.2 Å². The summed E-state index contributed by atoms with van der Waals surface area (Å²) in [6.45, 7) is 1.52. The molecule has 122 valence electrons. The van der Waals surface area contributed by atoms with Crippen molar-refractivity contribution in [1.82, 2.24) is 9.97 Å². The highest BCUT2D eigenvalue weighted by Gasteiger charge is 2.27. The number of anilines is 1. The molecule has 0 aliphatic carbocycles. The van der Waals surface area contributed by atoms with Gasteiger partial charge in [0, 0.05) is 31.3 Å². The van der Waals surface area contributed by atoms with Gasteiger partial charge in [-0.05, 0) is 31.0 Å². The lowest BCUT2D eigenvalue weighted by atomic mass is 9.97. The number of nitro groups is 1. The van der Waals surface area contributed by atoms with Gasteiger partial charge in [0.1, 0.15) is 0 Å². The minimum absolute atomic E-state index is 0.0796. The number of nitrogens with zero attached hydrogens (tertiary/aromatic N) is 4. The lowest BCUT2D eigenvalue weighted by Crippen LogP contribution is -2.33. The first-order valence-electron chi connectivity index (χ1n) is 7.92. The highest BCUT2D eigenvalue weighted by Crippen LogP contribution is 2.36. The number of rotatable bonds is 3. The Balaban J connectivity index is 1.52. The molecule has 1 fully saturated rings. The van der Waals surface area contributed by atoms with Crippen LogP contribution in [0.3, 0.4) is 0 Å². The van der Waals surface area contributed by atoms with Gasteiger partial charge in [-0.2, -0.15) is 0 Å². The van der Waals surface area contributed by atoms with E-state index < -0.39 is 0 Å². The standard InChI is InChI=1S/C17H16N4O2S/c22-21(23)14-5-3-9-18-16(14)20-10-7-12(8-11-20)17-19-13-4-1-2-6-15(13)24-17/h1-6,9,12H,7-8,10-11H2. The Kier molecular flexibility index (Phi) is 3.86. The Morgan fingerprint density at radius 1 is 1.17 bits per heavy atom.